The molecule has 2 aliphatic rings. The molecule has 0 aromatic heterocycles. The van der Waals surface area contributed by atoms with E-state index in [1.165, 1.54) is 24.0 Å². The quantitative estimate of drug-likeness (QED) is 0.550. The van der Waals surface area contributed by atoms with Crippen molar-refractivity contribution in [2.24, 2.45) is 22.2 Å². The van der Waals surface area contributed by atoms with Gasteiger partial charge >= 0.3 is 0 Å². The van der Waals surface area contributed by atoms with Crippen molar-refractivity contribution in [1.29, 1.82) is 0 Å². The summed E-state index contributed by atoms with van der Waals surface area (Å²) in [5.41, 5.74) is 2.72. The van der Waals surface area contributed by atoms with Crippen LogP contribution in [0.15, 0.2) is 29.3 Å². The molecule has 2 N–H and O–H groups in total. The van der Waals surface area contributed by atoms with E-state index in [1.807, 2.05) is 7.05 Å². The van der Waals surface area contributed by atoms with Crippen LogP contribution in [0.25, 0.3) is 0 Å². The fourth-order valence-electron chi connectivity index (χ4n) is 4.86. The van der Waals surface area contributed by atoms with Crippen LogP contribution in [0.2, 0.25) is 0 Å². The van der Waals surface area contributed by atoms with Crippen LogP contribution in [0.1, 0.15) is 63.7 Å². The van der Waals surface area contributed by atoms with E-state index in [-0.39, 0.29) is 17.6 Å². The molecule has 4 atom stereocenters. The van der Waals surface area contributed by atoms with Crippen molar-refractivity contribution in [1.82, 2.24) is 10.6 Å². The molecule has 0 saturated carbocycles. The lowest BCUT2D eigenvalue weighted by atomic mass is 9.78. The van der Waals surface area contributed by atoms with Crippen LogP contribution < -0.4 is 10.6 Å². The Balaban J connectivity index is 1.54. The molecule has 0 bridgehead atoms. The van der Waals surface area contributed by atoms with Crippen molar-refractivity contribution in [2.45, 2.75) is 65.6 Å². The van der Waals surface area contributed by atoms with Crippen LogP contribution in [-0.4, -0.2) is 45.4 Å². The summed E-state index contributed by atoms with van der Waals surface area (Å²) in [5, 5.41) is 7.12. The number of benzene rings is 1. The minimum atomic E-state index is 0.155. The number of hydrogen-bond donors (Lipinski definition) is 2. The molecule has 2 aliphatic heterocycles. The molecule has 3 rings (SSSR count). The second-order valence-electron chi connectivity index (χ2n) is 10.00. The molecule has 0 amide bonds. The lowest BCUT2D eigenvalue weighted by molar-refractivity contribution is -0.0835. The Kier molecular flexibility index (Phi) is 8.18. The molecular formula is C25H41N3O2. The zero-order valence-electron chi connectivity index (χ0n) is 19.5. The molecule has 0 radical (unpaired) electrons. The van der Waals surface area contributed by atoms with E-state index in [9.17, 15) is 0 Å². The van der Waals surface area contributed by atoms with Gasteiger partial charge in [0.1, 0.15) is 0 Å². The molecule has 30 heavy (non-hydrogen) atoms. The molecule has 2 saturated heterocycles. The summed E-state index contributed by atoms with van der Waals surface area (Å²) in [5.74, 6) is 1.83. The summed E-state index contributed by atoms with van der Waals surface area (Å²) in [4.78, 5) is 4.47. The van der Waals surface area contributed by atoms with Crippen LogP contribution in [0.3, 0.4) is 0 Å². The molecule has 5 heteroatoms. The number of aryl methyl sites for hydroxylation is 1. The first-order valence-electron chi connectivity index (χ1n) is 11.6. The van der Waals surface area contributed by atoms with Gasteiger partial charge in [-0.25, -0.2) is 0 Å². The zero-order chi connectivity index (χ0) is 21.6. The highest BCUT2D eigenvalue weighted by molar-refractivity contribution is 5.79. The van der Waals surface area contributed by atoms with Crippen molar-refractivity contribution in [3.63, 3.8) is 0 Å². The third-order valence-corrected chi connectivity index (χ3v) is 6.44. The van der Waals surface area contributed by atoms with Gasteiger partial charge in [-0.1, -0.05) is 50.6 Å². The monoisotopic (exact) mass is 415 g/mol. The second-order valence-corrected chi connectivity index (χ2v) is 10.00. The summed E-state index contributed by atoms with van der Waals surface area (Å²) >= 11 is 0. The number of guanidine groups is 1. The summed E-state index contributed by atoms with van der Waals surface area (Å²) < 4.78 is 12.3. The van der Waals surface area contributed by atoms with Crippen LogP contribution >= 0.6 is 0 Å². The standard InChI is InChI=1S/C25H41N3O2/c1-18-10-12-19(13-11-18)22-20(8-6-14-29-22)16-27-24(26-5)28-17-21-9-7-15-30-23(21)25(2,3)4/h10-13,20-23H,6-9,14-17H2,1-5H3,(H2,26,27,28). The van der Waals surface area contributed by atoms with E-state index in [4.69, 9.17) is 9.47 Å². The lowest BCUT2D eigenvalue weighted by Crippen LogP contribution is -2.48. The molecule has 0 spiro atoms. The van der Waals surface area contributed by atoms with Crippen molar-refractivity contribution in [3.8, 4) is 0 Å². The van der Waals surface area contributed by atoms with Crippen LogP contribution in [-0.2, 0) is 9.47 Å². The third kappa shape index (κ3) is 6.21. The van der Waals surface area contributed by atoms with Gasteiger partial charge in [-0.05, 0) is 43.6 Å². The molecule has 1 aromatic carbocycles. The van der Waals surface area contributed by atoms with Crippen LogP contribution in [0.5, 0.6) is 0 Å². The number of ether oxygens (including phenoxy) is 2. The number of nitrogens with zero attached hydrogens (tertiary/aromatic N) is 1. The Morgan fingerprint density at radius 1 is 0.967 bits per heavy atom. The average molecular weight is 416 g/mol. The maximum atomic E-state index is 6.17. The van der Waals surface area contributed by atoms with E-state index in [0.29, 0.717) is 11.8 Å². The molecule has 168 valence electrons. The first-order valence-corrected chi connectivity index (χ1v) is 11.6. The van der Waals surface area contributed by atoms with Crippen molar-refractivity contribution in [2.75, 3.05) is 33.4 Å². The van der Waals surface area contributed by atoms with Crippen LogP contribution in [0, 0.1) is 24.2 Å². The first-order chi connectivity index (χ1) is 14.4. The Morgan fingerprint density at radius 3 is 2.20 bits per heavy atom. The lowest BCUT2D eigenvalue weighted by Gasteiger charge is -2.40. The molecule has 1 aromatic rings. The van der Waals surface area contributed by atoms with Gasteiger partial charge in [0.05, 0.1) is 12.2 Å². The predicted octanol–water partition coefficient (Wildman–Crippen LogP) is 4.47. The SMILES string of the molecule is CN=C(NCC1CCCOC1c1ccc(C)cc1)NCC1CCCOC1C(C)(C)C. The Morgan fingerprint density at radius 2 is 1.57 bits per heavy atom. The first kappa shape index (κ1) is 23.1. The maximum absolute atomic E-state index is 6.17. The highest BCUT2D eigenvalue weighted by atomic mass is 16.5. The van der Waals surface area contributed by atoms with Crippen molar-refractivity contribution < 1.29 is 9.47 Å². The van der Waals surface area contributed by atoms with Gasteiger partial charge in [0.15, 0.2) is 5.96 Å². The van der Waals surface area contributed by atoms with Gasteiger partial charge < -0.3 is 20.1 Å². The number of aliphatic imine (C=N–C) groups is 1. The minimum absolute atomic E-state index is 0.155. The van der Waals surface area contributed by atoms with E-state index < -0.39 is 0 Å². The Hall–Kier alpha value is -1.59. The van der Waals surface area contributed by atoms with E-state index in [0.717, 1.165) is 45.1 Å². The van der Waals surface area contributed by atoms with Gasteiger partial charge in [-0.15, -0.1) is 0 Å². The smallest absolute Gasteiger partial charge is 0.191 e. The fraction of sp³-hybridized carbons (Fsp3) is 0.720. The summed E-state index contributed by atoms with van der Waals surface area (Å²) in [7, 11) is 1.85. The molecule has 0 aliphatic carbocycles. The van der Waals surface area contributed by atoms with E-state index >= 15 is 0 Å². The van der Waals surface area contributed by atoms with E-state index in [2.05, 4.69) is 67.6 Å². The zero-order valence-corrected chi connectivity index (χ0v) is 19.5. The topological polar surface area (TPSA) is 54.9 Å². The van der Waals surface area contributed by atoms with Gasteiger partial charge in [0, 0.05) is 45.2 Å². The van der Waals surface area contributed by atoms with Crippen molar-refractivity contribution >= 4 is 5.96 Å². The van der Waals surface area contributed by atoms with Gasteiger partial charge in [0.25, 0.3) is 0 Å². The fourth-order valence-corrected chi connectivity index (χ4v) is 4.86. The number of hydrogen-bond acceptors (Lipinski definition) is 3. The largest absolute Gasteiger partial charge is 0.377 e. The Bertz CT molecular complexity index is 681. The predicted molar refractivity (Wildman–Crippen MR) is 124 cm³/mol. The molecular weight excluding hydrogens is 374 g/mol. The minimum Gasteiger partial charge on any atom is -0.377 e. The van der Waals surface area contributed by atoms with Crippen LogP contribution in [0.4, 0.5) is 0 Å². The van der Waals surface area contributed by atoms with Gasteiger partial charge in [-0.3, -0.25) is 4.99 Å². The molecule has 4 unspecified atom stereocenters. The molecule has 5 nitrogen and oxygen atoms in total. The highest BCUT2D eigenvalue weighted by Gasteiger charge is 2.35. The van der Waals surface area contributed by atoms with Gasteiger partial charge in [-0.2, -0.15) is 0 Å². The maximum Gasteiger partial charge on any atom is 0.191 e. The highest BCUT2D eigenvalue weighted by Crippen LogP contribution is 2.34. The van der Waals surface area contributed by atoms with Crippen molar-refractivity contribution in [3.05, 3.63) is 35.4 Å². The normalized spacial score (nSPS) is 28.2. The van der Waals surface area contributed by atoms with E-state index in [1.54, 1.807) is 0 Å². The number of nitrogens with one attached hydrogen (secondary N) is 2. The summed E-state index contributed by atoms with van der Waals surface area (Å²) in [6, 6.07) is 8.77. The third-order valence-electron chi connectivity index (χ3n) is 6.44. The van der Waals surface area contributed by atoms with Gasteiger partial charge in [0.2, 0.25) is 0 Å². The summed E-state index contributed by atoms with van der Waals surface area (Å²) in [6.45, 7) is 12.4. The summed E-state index contributed by atoms with van der Waals surface area (Å²) in [6.07, 6.45) is 5.08. The molecule has 2 fully saturated rings. The number of rotatable bonds is 5. The Labute approximate surface area is 183 Å². The average Bonchev–Trinajstić information content (AvgIpc) is 2.74. The second kappa shape index (κ2) is 10.6. The molecule has 2 heterocycles.